The minimum Gasteiger partial charge on any atom is -0.481 e. The van der Waals surface area contributed by atoms with E-state index in [0.29, 0.717) is 6.42 Å². The van der Waals surface area contributed by atoms with Gasteiger partial charge in [0.25, 0.3) is 0 Å². The first-order chi connectivity index (χ1) is 11.6. The van der Waals surface area contributed by atoms with Crippen molar-refractivity contribution in [2.24, 2.45) is 11.3 Å². The van der Waals surface area contributed by atoms with Gasteiger partial charge in [0, 0.05) is 0 Å². The molecule has 0 saturated carbocycles. The van der Waals surface area contributed by atoms with Gasteiger partial charge in [-0.05, 0) is 49.1 Å². The monoisotopic (exact) mass is 326 g/mol. The van der Waals surface area contributed by atoms with Crippen LogP contribution in [0.5, 0.6) is 0 Å². The molecular formula is C22H30O2. The number of carboxylic acid groups (broad SMARTS) is 1. The first-order valence-corrected chi connectivity index (χ1v) is 9.30. The summed E-state index contributed by atoms with van der Waals surface area (Å²) in [4.78, 5) is 12.0. The Morgan fingerprint density at radius 3 is 2.42 bits per heavy atom. The molecule has 0 aromatic heterocycles. The Morgan fingerprint density at radius 2 is 1.79 bits per heavy atom. The van der Waals surface area contributed by atoms with Gasteiger partial charge in [-0.2, -0.15) is 0 Å². The third-order valence-electron chi connectivity index (χ3n) is 5.21. The molecule has 1 aromatic carbocycles. The van der Waals surface area contributed by atoms with Crippen LogP contribution in [0.15, 0.2) is 48.6 Å². The minimum atomic E-state index is -0.734. The maximum absolute atomic E-state index is 12.0. The van der Waals surface area contributed by atoms with Crippen LogP contribution in [-0.4, -0.2) is 11.1 Å². The smallest absolute Gasteiger partial charge is 0.314 e. The van der Waals surface area contributed by atoms with E-state index in [1.54, 1.807) is 0 Å². The van der Waals surface area contributed by atoms with Crippen LogP contribution in [0.3, 0.4) is 0 Å². The van der Waals surface area contributed by atoms with Crippen molar-refractivity contribution < 1.29 is 9.90 Å². The van der Waals surface area contributed by atoms with E-state index < -0.39 is 11.4 Å². The average molecular weight is 326 g/mol. The van der Waals surface area contributed by atoms with Crippen molar-refractivity contribution in [2.75, 3.05) is 0 Å². The van der Waals surface area contributed by atoms with Gasteiger partial charge in [0.1, 0.15) is 0 Å². The number of aryl methyl sites for hydroxylation is 2. The molecule has 0 fully saturated rings. The molecule has 2 unspecified atom stereocenters. The highest BCUT2D eigenvalue weighted by molar-refractivity contribution is 5.78. The lowest BCUT2D eigenvalue weighted by atomic mass is 9.68. The third-order valence-corrected chi connectivity index (χ3v) is 5.21. The lowest BCUT2D eigenvalue weighted by molar-refractivity contribution is -0.148. The molecule has 1 aliphatic carbocycles. The fourth-order valence-corrected chi connectivity index (χ4v) is 3.82. The van der Waals surface area contributed by atoms with Crippen molar-refractivity contribution in [2.45, 2.75) is 58.8 Å². The number of rotatable bonds is 9. The summed E-state index contributed by atoms with van der Waals surface area (Å²) in [5.74, 6) is -0.617. The quantitative estimate of drug-likeness (QED) is 0.643. The molecule has 2 nitrogen and oxygen atoms in total. The van der Waals surface area contributed by atoms with E-state index in [1.165, 1.54) is 24.0 Å². The number of carboxylic acids is 1. The minimum absolute atomic E-state index is 0.0687. The number of unbranched alkanes of at least 4 members (excludes halogenated alkanes) is 1. The SMILES string of the molecule is CCCCc1ccccc1CCC1C=CC=CC1(CCC)C(=O)O. The van der Waals surface area contributed by atoms with Crippen molar-refractivity contribution in [1.82, 2.24) is 0 Å². The van der Waals surface area contributed by atoms with Gasteiger partial charge < -0.3 is 5.11 Å². The number of allylic oxidation sites excluding steroid dienone is 3. The molecule has 0 aliphatic heterocycles. The molecule has 0 amide bonds. The Balaban J connectivity index is 2.14. The summed E-state index contributed by atoms with van der Waals surface area (Å²) in [6.45, 7) is 4.28. The largest absolute Gasteiger partial charge is 0.481 e. The molecule has 24 heavy (non-hydrogen) atoms. The van der Waals surface area contributed by atoms with Gasteiger partial charge in [0.15, 0.2) is 0 Å². The first-order valence-electron chi connectivity index (χ1n) is 9.30. The summed E-state index contributed by atoms with van der Waals surface area (Å²) in [6.07, 6.45) is 14.8. The van der Waals surface area contributed by atoms with Crippen LogP contribution in [0.1, 0.15) is 57.1 Å². The third kappa shape index (κ3) is 4.17. The summed E-state index contributed by atoms with van der Waals surface area (Å²) in [7, 11) is 0. The van der Waals surface area contributed by atoms with Gasteiger partial charge in [-0.1, -0.05) is 75.3 Å². The summed E-state index contributed by atoms with van der Waals surface area (Å²) >= 11 is 0. The molecule has 0 radical (unpaired) electrons. The van der Waals surface area contributed by atoms with E-state index in [-0.39, 0.29) is 5.92 Å². The number of benzene rings is 1. The lowest BCUT2D eigenvalue weighted by Gasteiger charge is -2.35. The normalized spacial score (nSPS) is 22.7. The van der Waals surface area contributed by atoms with Crippen LogP contribution in [0, 0.1) is 11.3 Å². The Labute approximate surface area is 146 Å². The number of hydrogen-bond donors (Lipinski definition) is 1. The maximum Gasteiger partial charge on any atom is 0.314 e. The van der Waals surface area contributed by atoms with Crippen molar-refractivity contribution >= 4 is 5.97 Å². The molecule has 130 valence electrons. The van der Waals surface area contributed by atoms with Crippen molar-refractivity contribution in [3.63, 3.8) is 0 Å². The van der Waals surface area contributed by atoms with E-state index in [0.717, 1.165) is 25.7 Å². The Bertz CT molecular complexity index is 600. The van der Waals surface area contributed by atoms with E-state index in [2.05, 4.69) is 44.2 Å². The fraction of sp³-hybridized carbons (Fsp3) is 0.500. The Kier molecular flexibility index (Phi) is 6.84. The standard InChI is InChI=1S/C22H30O2/c1-3-5-10-18-11-6-7-12-19(18)14-15-20-13-8-9-17-22(20,16-4-2)21(23)24/h6-9,11-13,17,20H,3-5,10,14-16H2,1-2H3,(H,23,24). The fourth-order valence-electron chi connectivity index (χ4n) is 3.82. The molecule has 1 aromatic rings. The predicted molar refractivity (Wildman–Crippen MR) is 100 cm³/mol. The molecule has 1 N–H and O–H groups in total. The van der Waals surface area contributed by atoms with E-state index in [1.807, 2.05) is 18.2 Å². The van der Waals surface area contributed by atoms with E-state index in [4.69, 9.17) is 0 Å². The molecule has 2 heteroatoms. The molecule has 0 heterocycles. The molecule has 2 rings (SSSR count). The average Bonchev–Trinajstić information content (AvgIpc) is 2.60. The van der Waals surface area contributed by atoms with Gasteiger partial charge >= 0.3 is 5.97 Å². The zero-order valence-corrected chi connectivity index (χ0v) is 15.0. The zero-order valence-electron chi connectivity index (χ0n) is 15.0. The van der Waals surface area contributed by atoms with Gasteiger partial charge in [-0.3, -0.25) is 4.79 Å². The van der Waals surface area contributed by atoms with Crippen molar-refractivity contribution in [1.29, 1.82) is 0 Å². The van der Waals surface area contributed by atoms with Crippen molar-refractivity contribution in [3.05, 3.63) is 59.7 Å². The molecule has 0 saturated heterocycles. The van der Waals surface area contributed by atoms with Crippen LogP contribution in [0.2, 0.25) is 0 Å². The Hall–Kier alpha value is -1.83. The Morgan fingerprint density at radius 1 is 1.08 bits per heavy atom. The molecule has 2 atom stereocenters. The highest BCUT2D eigenvalue weighted by Crippen LogP contribution is 2.41. The highest BCUT2D eigenvalue weighted by atomic mass is 16.4. The molecule has 0 bridgehead atoms. The highest BCUT2D eigenvalue weighted by Gasteiger charge is 2.42. The van der Waals surface area contributed by atoms with Crippen LogP contribution in [0.4, 0.5) is 0 Å². The van der Waals surface area contributed by atoms with Gasteiger partial charge in [0.05, 0.1) is 5.41 Å². The van der Waals surface area contributed by atoms with E-state index in [9.17, 15) is 9.90 Å². The van der Waals surface area contributed by atoms with Crippen LogP contribution in [0.25, 0.3) is 0 Å². The summed E-state index contributed by atoms with van der Waals surface area (Å²) in [6, 6.07) is 8.63. The molecule has 1 aliphatic rings. The zero-order chi connectivity index (χ0) is 17.4. The summed E-state index contributed by atoms with van der Waals surface area (Å²) in [5, 5.41) is 9.87. The predicted octanol–water partition coefficient (Wildman–Crippen LogP) is 5.58. The van der Waals surface area contributed by atoms with Gasteiger partial charge in [0.2, 0.25) is 0 Å². The van der Waals surface area contributed by atoms with Gasteiger partial charge in [-0.15, -0.1) is 0 Å². The van der Waals surface area contributed by atoms with Crippen LogP contribution >= 0.6 is 0 Å². The molecule has 0 spiro atoms. The number of carbonyl (C=O) groups is 1. The number of aliphatic carboxylic acids is 1. The first kappa shape index (κ1) is 18.5. The summed E-state index contributed by atoms with van der Waals surface area (Å²) in [5.41, 5.74) is 2.07. The maximum atomic E-state index is 12.0. The van der Waals surface area contributed by atoms with Crippen LogP contribution in [-0.2, 0) is 17.6 Å². The lowest BCUT2D eigenvalue weighted by Crippen LogP contribution is -2.37. The molecular weight excluding hydrogens is 296 g/mol. The van der Waals surface area contributed by atoms with Crippen molar-refractivity contribution in [3.8, 4) is 0 Å². The second-order valence-corrected chi connectivity index (χ2v) is 6.86. The number of hydrogen-bond acceptors (Lipinski definition) is 1. The van der Waals surface area contributed by atoms with Gasteiger partial charge in [-0.25, -0.2) is 0 Å². The summed E-state index contributed by atoms with van der Waals surface area (Å²) < 4.78 is 0. The van der Waals surface area contributed by atoms with E-state index >= 15 is 0 Å². The topological polar surface area (TPSA) is 37.3 Å². The second kappa shape index (κ2) is 8.86. The second-order valence-electron chi connectivity index (χ2n) is 6.86. The van der Waals surface area contributed by atoms with Crippen LogP contribution < -0.4 is 0 Å².